The van der Waals surface area contributed by atoms with E-state index in [0.717, 1.165) is 41.3 Å². The Labute approximate surface area is 231 Å². The zero-order chi connectivity index (χ0) is 28.0. The molecule has 1 unspecified atom stereocenters. The lowest BCUT2D eigenvalue weighted by Crippen LogP contribution is -2.65. The van der Waals surface area contributed by atoms with Gasteiger partial charge in [-0.15, -0.1) is 11.6 Å². The Balaban J connectivity index is 1.98. The first-order valence-electron chi connectivity index (χ1n) is 11.4. The maximum Gasteiger partial charge on any atom is 0.176 e. The third kappa shape index (κ3) is 5.27. The number of hydrogen-bond donors (Lipinski definition) is 0. The normalized spacial score (nSPS) is 20.6. The Morgan fingerprint density at radius 2 is 1.42 bits per heavy atom. The van der Waals surface area contributed by atoms with E-state index in [1.807, 2.05) is 24.3 Å². The Morgan fingerprint density at radius 1 is 0.921 bits per heavy atom. The van der Waals surface area contributed by atoms with Gasteiger partial charge in [0.15, 0.2) is 19.7 Å². The summed E-state index contributed by atoms with van der Waals surface area (Å²) in [5.74, 6) is -1.65. The first kappa shape index (κ1) is 28.7. The third-order valence-corrected chi connectivity index (χ3v) is 10.6. The fraction of sp³-hybridized carbons (Fsp3) is 0.259. The predicted octanol–water partition coefficient (Wildman–Crippen LogP) is 5.98. The molecule has 1 aliphatic heterocycles. The Bertz CT molecular complexity index is 1600. The van der Waals surface area contributed by atoms with Crippen molar-refractivity contribution in [3.63, 3.8) is 0 Å². The molecule has 202 valence electrons. The van der Waals surface area contributed by atoms with E-state index >= 15 is 0 Å². The van der Waals surface area contributed by atoms with Crippen molar-refractivity contribution in [2.45, 2.75) is 23.7 Å². The lowest BCUT2D eigenvalue weighted by molar-refractivity contribution is 0.102. The highest BCUT2D eigenvalue weighted by Crippen LogP contribution is 2.51. The second-order valence-electron chi connectivity index (χ2n) is 9.45. The topological polar surface area (TPSA) is 71.5 Å². The number of hydrogen-bond acceptors (Lipinski definition) is 5. The number of sulfone groups is 2. The molecule has 0 amide bonds. The van der Waals surface area contributed by atoms with Gasteiger partial charge in [-0.3, -0.25) is 4.90 Å². The van der Waals surface area contributed by atoms with Gasteiger partial charge in [-0.1, -0.05) is 48.0 Å². The van der Waals surface area contributed by atoms with Crippen LogP contribution in [0.2, 0.25) is 5.02 Å². The van der Waals surface area contributed by atoms with Crippen molar-refractivity contribution in [3.8, 4) is 0 Å². The van der Waals surface area contributed by atoms with E-state index in [4.69, 9.17) is 23.2 Å². The van der Waals surface area contributed by atoms with Gasteiger partial charge >= 0.3 is 0 Å². The van der Waals surface area contributed by atoms with Gasteiger partial charge in [0, 0.05) is 36.0 Å². The zero-order valence-electron chi connectivity index (χ0n) is 20.8. The molecule has 0 saturated carbocycles. The first-order chi connectivity index (χ1) is 17.7. The minimum atomic E-state index is -4.11. The van der Waals surface area contributed by atoms with Crippen LogP contribution in [0.5, 0.6) is 0 Å². The molecule has 1 aliphatic rings. The van der Waals surface area contributed by atoms with E-state index in [-0.39, 0.29) is 17.7 Å². The van der Waals surface area contributed by atoms with E-state index in [9.17, 15) is 25.6 Å². The lowest BCUT2D eigenvalue weighted by Gasteiger charge is -2.55. The summed E-state index contributed by atoms with van der Waals surface area (Å²) in [5, 5.41) is 0.493. The van der Waals surface area contributed by atoms with Crippen LogP contribution in [0, 0.1) is 11.6 Å². The van der Waals surface area contributed by atoms with Crippen LogP contribution in [0.1, 0.15) is 35.2 Å². The maximum atomic E-state index is 14.1. The molecule has 0 N–H and O–H groups in total. The monoisotopic (exact) mass is 599 g/mol. The van der Waals surface area contributed by atoms with Gasteiger partial charge < -0.3 is 0 Å². The summed E-state index contributed by atoms with van der Waals surface area (Å²) in [6.07, 6.45) is 1.91. The second kappa shape index (κ2) is 10.4. The molecule has 0 bridgehead atoms. The molecule has 1 heterocycles. The molecule has 3 aromatic carbocycles. The summed E-state index contributed by atoms with van der Waals surface area (Å²) < 4.78 is 81.1. The summed E-state index contributed by atoms with van der Waals surface area (Å²) in [6, 6.07) is 16.0. The zero-order valence-corrected chi connectivity index (χ0v) is 23.9. The van der Waals surface area contributed by atoms with Gasteiger partial charge in [0.05, 0.1) is 10.9 Å². The Kier molecular flexibility index (Phi) is 7.82. The van der Waals surface area contributed by atoms with Crippen LogP contribution in [-0.2, 0) is 25.6 Å². The Morgan fingerprint density at radius 3 is 1.87 bits per heavy atom. The van der Waals surface area contributed by atoms with Gasteiger partial charge in [-0.25, -0.2) is 25.6 Å². The summed E-state index contributed by atoms with van der Waals surface area (Å²) in [5.41, 5.74) is 2.12. The maximum absolute atomic E-state index is 14.1. The summed E-state index contributed by atoms with van der Waals surface area (Å²) in [7, 11) is -8.12. The smallest absolute Gasteiger partial charge is 0.176 e. The number of halogens is 4. The number of likely N-dealkylation sites (tertiary alicyclic amines) is 1. The largest absolute Gasteiger partial charge is 0.266 e. The van der Waals surface area contributed by atoms with E-state index in [0.29, 0.717) is 17.0 Å². The molecule has 0 radical (unpaired) electrons. The van der Waals surface area contributed by atoms with Gasteiger partial charge in [0.25, 0.3) is 0 Å². The molecule has 0 spiro atoms. The highest BCUT2D eigenvalue weighted by molar-refractivity contribution is 8.00. The number of nitrogens with zero attached hydrogens (tertiary/aromatic N) is 1. The van der Waals surface area contributed by atoms with E-state index in [2.05, 4.69) is 0 Å². The second-order valence-corrected chi connectivity index (χ2v) is 14.4. The molecule has 3 aromatic rings. The molecule has 1 fully saturated rings. The van der Waals surface area contributed by atoms with Crippen LogP contribution >= 0.6 is 23.2 Å². The summed E-state index contributed by atoms with van der Waals surface area (Å²) in [6.45, 7) is 1.33. The fourth-order valence-electron chi connectivity index (χ4n) is 4.89. The van der Waals surface area contributed by atoms with E-state index in [1.165, 1.54) is 6.92 Å². The van der Waals surface area contributed by atoms with Crippen molar-refractivity contribution < 1.29 is 25.6 Å². The lowest BCUT2D eigenvalue weighted by atomic mass is 9.86. The minimum Gasteiger partial charge on any atom is -0.266 e. The highest BCUT2D eigenvalue weighted by Gasteiger charge is 2.58. The molecule has 4 rings (SSSR count). The van der Waals surface area contributed by atoms with Crippen molar-refractivity contribution in [1.29, 1.82) is 0 Å². The average Bonchev–Trinajstić information content (AvgIpc) is 2.82. The van der Waals surface area contributed by atoms with Crippen molar-refractivity contribution in [2.75, 3.05) is 19.1 Å². The predicted molar refractivity (Wildman–Crippen MR) is 147 cm³/mol. The molecule has 5 nitrogen and oxygen atoms in total. The van der Waals surface area contributed by atoms with Crippen LogP contribution in [-0.4, -0.2) is 45.7 Å². The number of alkyl halides is 1. The minimum absolute atomic E-state index is 0.0313. The molecule has 0 aromatic heterocycles. The number of rotatable bonds is 7. The molecule has 1 saturated heterocycles. The molecular weight excluding hydrogens is 575 g/mol. The molecule has 11 heteroatoms. The van der Waals surface area contributed by atoms with Crippen LogP contribution < -0.4 is 0 Å². The SMILES string of the molecule is CC1(S(C)(=O)=O)C(=C(c2cc(F)cc(F)c2)S(C)(=O)=O)CN1[C@@H](c1ccc(Cl)cc1)c1ccc(CCl)cc1. The van der Waals surface area contributed by atoms with Crippen LogP contribution in [0.3, 0.4) is 0 Å². The fourth-order valence-corrected chi connectivity index (χ4v) is 7.73. The third-order valence-electron chi connectivity index (χ3n) is 6.88. The van der Waals surface area contributed by atoms with Crippen molar-refractivity contribution >= 4 is 47.8 Å². The standard InChI is InChI=1S/C27H25Cl2F2NO4S2/c1-27(38(3,35)36)24(26(37(2,33)34)20-12-22(30)14-23(31)13-20)16-32(27)25(19-8-10-21(29)11-9-19)18-6-4-17(15-28)5-7-18/h4-14,25H,15-16H2,1-3H3/t25-,27?/m1/s1. The van der Waals surface area contributed by atoms with Crippen molar-refractivity contribution in [1.82, 2.24) is 4.90 Å². The molecule has 0 aliphatic carbocycles. The van der Waals surface area contributed by atoms with Gasteiger partial charge in [-0.05, 0) is 59.0 Å². The molecule has 2 atom stereocenters. The van der Waals surface area contributed by atoms with Gasteiger partial charge in [0.2, 0.25) is 0 Å². The average molecular weight is 601 g/mol. The van der Waals surface area contributed by atoms with Crippen LogP contribution in [0.25, 0.3) is 4.91 Å². The highest BCUT2D eigenvalue weighted by atomic mass is 35.5. The van der Waals surface area contributed by atoms with Crippen LogP contribution in [0.4, 0.5) is 8.78 Å². The molecular formula is C27H25Cl2F2NO4S2. The summed E-state index contributed by atoms with van der Waals surface area (Å²) in [4.78, 5) is -0.561. The summed E-state index contributed by atoms with van der Waals surface area (Å²) >= 11 is 12.1. The van der Waals surface area contributed by atoms with Crippen molar-refractivity contribution in [2.24, 2.45) is 0 Å². The number of benzene rings is 3. The first-order valence-corrected chi connectivity index (χ1v) is 16.1. The Hall–Kier alpha value is -2.30. The quantitative estimate of drug-likeness (QED) is 0.312. The van der Waals surface area contributed by atoms with E-state index in [1.54, 1.807) is 29.2 Å². The van der Waals surface area contributed by atoms with Gasteiger partial charge in [0.1, 0.15) is 16.5 Å². The van der Waals surface area contributed by atoms with E-state index < -0.39 is 47.1 Å². The van der Waals surface area contributed by atoms with Gasteiger partial charge in [-0.2, -0.15) is 0 Å². The van der Waals surface area contributed by atoms with Crippen molar-refractivity contribution in [3.05, 3.63) is 111 Å². The molecule has 38 heavy (non-hydrogen) atoms. The van der Waals surface area contributed by atoms with Crippen LogP contribution in [0.15, 0.2) is 72.3 Å².